The molecule has 7 heteroatoms. The maximum Gasteiger partial charge on any atom is 1.00 e. The third-order valence-corrected chi connectivity index (χ3v) is 3.42. The summed E-state index contributed by atoms with van der Waals surface area (Å²) < 4.78 is 0. The number of hydrogen-bond donors (Lipinski definition) is 3. The Morgan fingerprint density at radius 1 is 1.55 bits per heavy atom. The summed E-state index contributed by atoms with van der Waals surface area (Å²) in [6.07, 6.45) is 6.81. The zero-order valence-electron chi connectivity index (χ0n) is 13.7. The van der Waals surface area contributed by atoms with Gasteiger partial charge in [0, 0.05) is 5.56 Å². The molecule has 3 N–H and O–H groups in total. The third-order valence-electron chi connectivity index (χ3n) is 3.23. The van der Waals surface area contributed by atoms with E-state index in [2.05, 4.69) is 22.2 Å². The van der Waals surface area contributed by atoms with Crippen molar-refractivity contribution in [3.63, 3.8) is 0 Å². The van der Waals surface area contributed by atoms with E-state index in [0.717, 1.165) is 36.9 Å². The van der Waals surface area contributed by atoms with Gasteiger partial charge in [-0.05, 0) is 44.3 Å². The second kappa shape index (κ2) is 14.6. The summed E-state index contributed by atoms with van der Waals surface area (Å²) in [6.45, 7) is 6.71. The van der Waals surface area contributed by atoms with Gasteiger partial charge in [0.25, 0.3) is 0 Å². The first-order valence-corrected chi connectivity index (χ1v) is 7.13. The van der Waals surface area contributed by atoms with Crippen LogP contribution < -0.4 is 56.7 Å². The van der Waals surface area contributed by atoms with Crippen LogP contribution in [-0.4, -0.2) is 37.6 Å². The van der Waals surface area contributed by atoms with Crippen LogP contribution in [0.3, 0.4) is 0 Å². The molecule has 0 saturated heterocycles. The van der Waals surface area contributed by atoms with E-state index < -0.39 is 0 Å². The van der Waals surface area contributed by atoms with Gasteiger partial charge in [0.05, 0.1) is 0 Å². The molecule has 5 nitrogen and oxygen atoms in total. The number of carbonyl (C=O) groups is 1. The molecule has 1 atom stereocenters. The van der Waals surface area contributed by atoms with Crippen molar-refractivity contribution in [1.82, 2.24) is 10.3 Å². The van der Waals surface area contributed by atoms with Crippen molar-refractivity contribution in [2.75, 3.05) is 20.6 Å². The van der Waals surface area contributed by atoms with Gasteiger partial charge in [0.2, 0.25) is 0 Å². The van der Waals surface area contributed by atoms with Gasteiger partial charge in [-0.2, -0.15) is 0 Å². The molecule has 0 aliphatic heterocycles. The fourth-order valence-corrected chi connectivity index (χ4v) is 2.45. The molecule has 118 valence electrons. The van der Waals surface area contributed by atoms with E-state index in [1.54, 1.807) is 7.05 Å². The van der Waals surface area contributed by atoms with Gasteiger partial charge in [0.15, 0.2) is 0 Å². The Hall–Kier alpha value is 0.0464. The Labute approximate surface area is 180 Å². The molecular weight excluding hydrogens is 327 g/mol. The predicted molar refractivity (Wildman–Crippen MR) is 90.3 cm³/mol. The Morgan fingerprint density at radius 2 is 2.18 bits per heavy atom. The number of rotatable bonds is 9. The number of allylic oxidation sites excluding steroid dienone is 1. The Bertz CT molecular complexity index is 451. The fourth-order valence-electron chi connectivity index (χ4n) is 2.25. The molecule has 0 aliphatic rings. The number of carbonyl (C=O) groups excluding carboxylic acids is 1. The minimum atomic E-state index is 0. The quantitative estimate of drug-likeness (QED) is 0.348. The molecule has 1 rings (SSSR count). The summed E-state index contributed by atoms with van der Waals surface area (Å²) in [5.74, 6) is 1.04. The first-order valence-electron chi connectivity index (χ1n) is 6.75. The summed E-state index contributed by atoms with van der Waals surface area (Å²) in [7, 11) is 3.64. The van der Waals surface area contributed by atoms with Crippen molar-refractivity contribution >= 4 is 29.4 Å². The topological polar surface area (TPSA) is 82.8 Å². The van der Waals surface area contributed by atoms with Crippen molar-refractivity contribution in [3.05, 3.63) is 35.3 Å². The third kappa shape index (κ3) is 7.54. The SMILES string of the molecule is C=CCCC(CCNC)c1c[nH]c([N-]C)c1C(=N)Cl.C=O.[K+]. The largest absolute Gasteiger partial charge is 1.00 e. The van der Waals surface area contributed by atoms with E-state index in [9.17, 15) is 0 Å². The van der Waals surface area contributed by atoms with E-state index in [1.807, 2.05) is 26.1 Å². The molecule has 1 heterocycles. The smallest absolute Gasteiger partial charge is 0.468 e. The van der Waals surface area contributed by atoms with Crippen molar-refractivity contribution in [2.45, 2.75) is 25.2 Å². The Balaban J connectivity index is 0. The Kier molecular flexibility index (Phi) is 16.2. The predicted octanol–water partition coefficient (Wildman–Crippen LogP) is 0.692. The average molecular weight is 351 g/mol. The average Bonchev–Trinajstić information content (AvgIpc) is 2.93. The molecule has 1 aromatic rings. The molecule has 0 aliphatic carbocycles. The molecule has 22 heavy (non-hydrogen) atoms. The fraction of sp³-hybridized carbons (Fsp3) is 0.467. The van der Waals surface area contributed by atoms with Gasteiger partial charge in [-0.1, -0.05) is 36.7 Å². The molecule has 0 fully saturated rings. The maximum atomic E-state index is 8.00. The molecule has 0 bridgehead atoms. The van der Waals surface area contributed by atoms with E-state index >= 15 is 0 Å². The van der Waals surface area contributed by atoms with Crippen molar-refractivity contribution < 1.29 is 56.2 Å². The Morgan fingerprint density at radius 3 is 2.64 bits per heavy atom. The molecule has 0 saturated carbocycles. The van der Waals surface area contributed by atoms with E-state index in [1.165, 1.54) is 0 Å². The number of halogens is 1. The summed E-state index contributed by atoms with van der Waals surface area (Å²) >= 11 is 5.91. The summed E-state index contributed by atoms with van der Waals surface area (Å²) in [5, 5.41) is 15.1. The molecule has 1 aromatic heterocycles. The van der Waals surface area contributed by atoms with Gasteiger partial charge < -0.3 is 20.4 Å². The van der Waals surface area contributed by atoms with E-state index in [-0.39, 0.29) is 56.6 Å². The van der Waals surface area contributed by atoms with E-state index in [0.29, 0.717) is 11.7 Å². The van der Waals surface area contributed by atoms with Crippen molar-refractivity contribution in [1.29, 1.82) is 5.41 Å². The summed E-state index contributed by atoms with van der Waals surface area (Å²) in [4.78, 5) is 11.1. The number of nitrogens with one attached hydrogen (secondary N) is 3. The molecule has 0 amide bonds. The van der Waals surface area contributed by atoms with Crippen LogP contribution in [0.25, 0.3) is 5.32 Å². The van der Waals surface area contributed by atoms with Crippen LogP contribution in [0.2, 0.25) is 0 Å². The van der Waals surface area contributed by atoms with Gasteiger partial charge in [0.1, 0.15) is 12.0 Å². The molecule has 1 unspecified atom stereocenters. The van der Waals surface area contributed by atoms with Crippen LogP contribution in [0.4, 0.5) is 5.82 Å². The van der Waals surface area contributed by atoms with Crippen LogP contribution in [-0.2, 0) is 4.79 Å². The van der Waals surface area contributed by atoms with Crippen LogP contribution >= 0.6 is 11.6 Å². The van der Waals surface area contributed by atoms with Crippen molar-refractivity contribution in [3.8, 4) is 0 Å². The monoisotopic (exact) mass is 350 g/mol. The normalized spacial score (nSPS) is 10.7. The summed E-state index contributed by atoms with van der Waals surface area (Å²) in [6, 6.07) is 0. The molecule has 0 spiro atoms. The first-order chi connectivity index (χ1) is 10.2. The first kappa shape index (κ1) is 24.3. The number of H-pyrrole nitrogens is 1. The van der Waals surface area contributed by atoms with Crippen LogP contribution in [0, 0.1) is 5.41 Å². The second-order valence-electron chi connectivity index (χ2n) is 4.46. The van der Waals surface area contributed by atoms with Gasteiger partial charge in [-0.25, -0.2) is 0 Å². The number of hydrogen-bond acceptors (Lipinski definition) is 3. The second-order valence-corrected chi connectivity index (χ2v) is 4.84. The standard InChI is InChI=1S/C14H22ClN4.CH2O.K/c1-4-5-6-10(7-8-17-2)11-9-19-14(18-3)12(11)13(15)16;1-2;/h4,9-10,16-17,19H,1,5-8H2,2-3H3;1H2;/q-1;;+1. The minimum absolute atomic E-state index is 0. The van der Waals surface area contributed by atoms with E-state index in [4.69, 9.17) is 21.8 Å². The molecular formula is C15H24ClKN4O. The number of aromatic nitrogens is 1. The zero-order valence-corrected chi connectivity index (χ0v) is 17.6. The number of nitrogens with zero attached hydrogens (tertiary/aromatic N) is 1. The van der Waals surface area contributed by atoms with Gasteiger partial charge >= 0.3 is 51.4 Å². The zero-order chi connectivity index (χ0) is 16.3. The van der Waals surface area contributed by atoms with Crippen LogP contribution in [0.15, 0.2) is 18.9 Å². The van der Waals surface area contributed by atoms with Crippen LogP contribution in [0.1, 0.15) is 36.3 Å². The minimum Gasteiger partial charge on any atom is -0.468 e. The maximum absolute atomic E-state index is 8.00. The van der Waals surface area contributed by atoms with Crippen LogP contribution in [0.5, 0.6) is 0 Å². The molecule has 0 aromatic carbocycles. The molecule has 0 radical (unpaired) electrons. The van der Waals surface area contributed by atoms with Gasteiger partial charge in [-0.3, -0.25) is 5.41 Å². The van der Waals surface area contributed by atoms with Gasteiger partial charge in [-0.15, -0.1) is 6.58 Å². The summed E-state index contributed by atoms with van der Waals surface area (Å²) in [5.41, 5.74) is 1.81. The van der Waals surface area contributed by atoms with Crippen molar-refractivity contribution in [2.24, 2.45) is 0 Å². The number of aromatic amines is 1.